The number of carbonyl (C=O) groups excluding carboxylic acids is 1. The minimum Gasteiger partial charge on any atom is -0.476 e. The van der Waals surface area contributed by atoms with E-state index in [1.165, 1.54) is 24.2 Å². The Balaban J connectivity index is 1.31. The van der Waals surface area contributed by atoms with E-state index in [0.29, 0.717) is 30.2 Å². The largest absolute Gasteiger partial charge is 0.476 e. The fourth-order valence-electron chi connectivity index (χ4n) is 3.02. The van der Waals surface area contributed by atoms with Crippen molar-refractivity contribution < 1.29 is 9.53 Å². The Morgan fingerprint density at radius 3 is 2.90 bits per heavy atom. The highest BCUT2D eigenvalue weighted by atomic mass is 32.1. The minimum atomic E-state index is -0.415. The number of pyridine rings is 2. The average Bonchev–Trinajstić information content (AvgIpc) is 3.22. The van der Waals surface area contributed by atoms with E-state index in [4.69, 9.17) is 4.74 Å². The minimum absolute atomic E-state index is 0.350. The summed E-state index contributed by atoms with van der Waals surface area (Å²) in [6, 6.07) is 10.9. The van der Waals surface area contributed by atoms with Gasteiger partial charge in [0.05, 0.1) is 5.69 Å². The van der Waals surface area contributed by atoms with E-state index < -0.39 is 6.03 Å². The number of nitrogens with one attached hydrogen (secondary N) is 3. The summed E-state index contributed by atoms with van der Waals surface area (Å²) in [5.74, 6) is 1.36. The van der Waals surface area contributed by atoms with Crippen LogP contribution in [-0.4, -0.2) is 40.2 Å². The number of ether oxygens (including phenoxy) is 1. The van der Waals surface area contributed by atoms with Gasteiger partial charge in [-0.3, -0.25) is 15.6 Å². The van der Waals surface area contributed by atoms with Gasteiger partial charge in [0.2, 0.25) is 5.88 Å². The molecule has 4 heterocycles. The number of aromatic nitrogens is 3. The molecule has 1 saturated heterocycles. The Hall–Kier alpha value is -3.04. The first kappa shape index (κ1) is 19.3. The van der Waals surface area contributed by atoms with Crippen molar-refractivity contribution in [2.45, 2.75) is 25.3 Å². The molecule has 2 amide bonds. The van der Waals surface area contributed by atoms with Crippen LogP contribution in [0.4, 0.5) is 16.4 Å². The van der Waals surface area contributed by atoms with E-state index in [2.05, 4.69) is 30.9 Å². The molecule has 0 aliphatic carbocycles. The first-order valence-corrected chi connectivity index (χ1v) is 10.4. The van der Waals surface area contributed by atoms with Crippen LogP contribution in [0, 0.1) is 0 Å². The van der Waals surface area contributed by atoms with Crippen LogP contribution in [0.25, 0.3) is 10.7 Å². The van der Waals surface area contributed by atoms with Crippen LogP contribution in [0.3, 0.4) is 0 Å². The summed E-state index contributed by atoms with van der Waals surface area (Å²) in [5, 5.41) is 11.4. The van der Waals surface area contributed by atoms with Gasteiger partial charge in [-0.25, -0.2) is 9.78 Å². The molecule has 1 fully saturated rings. The van der Waals surface area contributed by atoms with Gasteiger partial charge in [-0.2, -0.15) is 4.98 Å². The number of rotatable bonds is 6. The topological polar surface area (TPSA) is 101 Å². The molecular formula is C20H22N6O2S. The number of amides is 2. The molecule has 0 radical (unpaired) electrons. The Morgan fingerprint density at radius 2 is 2.07 bits per heavy atom. The molecule has 3 N–H and O–H groups in total. The van der Waals surface area contributed by atoms with Gasteiger partial charge in [0.1, 0.15) is 23.3 Å². The number of carbonyl (C=O) groups is 1. The SMILES string of the molecule is O=C(Nc1cccc(OCC2CCCCN2)n1)Nc1csc(-c2ccccn2)n1. The maximum Gasteiger partial charge on any atom is 0.326 e. The number of hydrogen-bond donors (Lipinski definition) is 3. The van der Waals surface area contributed by atoms with Crippen molar-refractivity contribution in [3.05, 3.63) is 48.0 Å². The van der Waals surface area contributed by atoms with Crippen LogP contribution in [0.5, 0.6) is 5.88 Å². The number of nitrogens with zero attached hydrogens (tertiary/aromatic N) is 3. The van der Waals surface area contributed by atoms with Gasteiger partial charge >= 0.3 is 6.03 Å². The van der Waals surface area contributed by atoms with Gasteiger partial charge < -0.3 is 10.1 Å². The molecule has 0 aromatic carbocycles. The van der Waals surface area contributed by atoms with E-state index in [-0.39, 0.29) is 0 Å². The van der Waals surface area contributed by atoms with E-state index in [0.717, 1.165) is 23.7 Å². The zero-order valence-corrected chi connectivity index (χ0v) is 16.6. The van der Waals surface area contributed by atoms with Crippen molar-refractivity contribution >= 4 is 29.0 Å². The van der Waals surface area contributed by atoms with Crippen LogP contribution in [-0.2, 0) is 0 Å². The number of hydrogen-bond acceptors (Lipinski definition) is 7. The monoisotopic (exact) mass is 410 g/mol. The molecule has 0 bridgehead atoms. The molecule has 8 nitrogen and oxygen atoms in total. The fraction of sp³-hybridized carbons (Fsp3) is 0.300. The molecule has 1 aliphatic rings. The van der Waals surface area contributed by atoms with Gasteiger partial charge in [-0.1, -0.05) is 18.6 Å². The quantitative estimate of drug-likeness (QED) is 0.572. The summed E-state index contributed by atoms with van der Waals surface area (Å²) in [5.41, 5.74) is 0.768. The van der Waals surface area contributed by atoms with Crippen LogP contribution >= 0.6 is 11.3 Å². The first-order chi connectivity index (χ1) is 14.3. The van der Waals surface area contributed by atoms with Gasteiger partial charge in [0, 0.05) is 23.7 Å². The number of piperidine rings is 1. The molecule has 4 rings (SSSR count). The number of thiazole rings is 1. The summed E-state index contributed by atoms with van der Waals surface area (Å²) in [6.07, 6.45) is 5.25. The van der Waals surface area contributed by atoms with Gasteiger partial charge in [0.25, 0.3) is 0 Å². The zero-order chi connectivity index (χ0) is 19.9. The fourth-order valence-corrected chi connectivity index (χ4v) is 3.75. The molecule has 0 saturated carbocycles. The molecular weight excluding hydrogens is 388 g/mol. The van der Waals surface area contributed by atoms with E-state index in [1.54, 1.807) is 29.8 Å². The lowest BCUT2D eigenvalue weighted by atomic mass is 10.1. The zero-order valence-electron chi connectivity index (χ0n) is 15.8. The third-order valence-corrected chi connectivity index (χ3v) is 5.30. The van der Waals surface area contributed by atoms with E-state index >= 15 is 0 Å². The molecule has 1 atom stereocenters. The normalized spacial score (nSPS) is 16.2. The lowest BCUT2D eigenvalue weighted by Gasteiger charge is -2.23. The lowest BCUT2D eigenvalue weighted by molar-refractivity contribution is 0.232. The highest BCUT2D eigenvalue weighted by Gasteiger charge is 2.14. The second-order valence-electron chi connectivity index (χ2n) is 6.65. The molecule has 3 aromatic rings. The van der Waals surface area contributed by atoms with Crippen molar-refractivity contribution in [1.82, 2.24) is 20.3 Å². The maximum atomic E-state index is 12.3. The standard InChI is InChI=1S/C20H22N6O2S/c27-20(26-17-13-29-19(24-17)15-7-2-4-11-22-15)25-16-8-5-9-18(23-16)28-12-14-6-1-3-10-21-14/h2,4-5,7-9,11,13-14,21H,1,3,6,10,12H2,(H2,23,25,26,27). The van der Waals surface area contributed by atoms with Gasteiger partial charge in [-0.05, 0) is 37.6 Å². The second kappa shape index (κ2) is 9.44. The van der Waals surface area contributed by atoms with Crippen LogP contribution in [0.2, 0.25) is 0 Å². The Morgan fingerprint density at radius 1 is 1.14 bits per heavy atom. The number of anilines is 2. The van der Waals surface area contributed by atoms with Crippen molar-refractivity contribution in [3.63, 3.8) is 0 Å². The Bertz CT molecular complexity index is 943. The number of urea groups is 1. The van der Waals surface area contributed by atoms with Crippen LogP contribution in [0.1, 0.15) is 19.3 Å². The highest BCUT2D eigenvalue weighted by molar-refractivity contribution is 7.13. The molecule has 9 heteroatoms. The molecule has 1 aliphatic heterocycles. The second-order valence-corrected chi connectivity index (χ2v) is 7.51. The molecule has 29 heavy (non-hydrogen) atoms. The summed E-state index contributed by atoms with van der Waals surface area (Å²) < 4.78 is 5.78. The van der Waals surface area contributed by atoms with Gasteiger partial charge in [0.15, 0.2) is 0 Å². The molecule has 150 valence electrons. The predicted octanol–water partition coefficient (Wildman–Crippen LogP) is 3.77. The van der Waals surface area contributed by atoms with Crippen molar-refractivity contribution in [2.75, 3.05) is 23.8 Å². The van der Waals surface area contributed by atoms with Crippen molar-refractivity contribution in [2.24, 2.45) is 0 Å². The predicted molar refractivity (Wildman–Crippen MR) is 113 cm³/mol. The average molecular weight is 411 g/mol. The summed E-state index contributed by atoms with van der Waals surface area (Å²) in [4.78, 5) is 25.3. The van der Waals surface area contributed by atoms with E-state index in [9.17, 15) is 4.79 Å². The third kappa shape index (κ3) is 5.49. The summed E-state index contributed by atoms with van der Waals surface area (Å²) in [7, 11) is 0. The third-order valence-electron chi connectivity index (χ3n) is 4.44. The summed E-state index contributed by atoms with van der Waals surface area (Å²) >= 11 is 1.42. The summed E-state index contributed by atoms with van der Waals surface area (Å²) in [6.45, 7) is 1.60. The van der Waals surface area contributed by atoms with Crippen LogP contribution < -0.4 is 20.7 Å². The van der Waals surface area contributed by atoms with Crippen LogP contribution in [0.15, 0.2) is 48.0 Å². The van der Waals surface area contributed by atoms with Gasteiger partial charge in [-0.15, -0.1) is 11.3 Å². The van der Waals surface area contributed by atoms with E-state index in [1.807, 2.05) is 18.2 Å². The highest BCUT2D eigenvalue weighted by Crippen LogP contribution is 2.24. The molecule has 3 aromatic heterocycles. The smallest absolute Gasteiger partial charge is 0.326 e. The molecule has 1 unspecified atom stereocenters. The Labute approximate surface area is 172 Å². The Kier molecular flexibility index (Phi) is 6.28. The first-order valence-electron chi connectivity index (χ1n) is 9.54. The lowest BCUT2D eigenvalue weighted by Crippen LogP contribution is -2.38. The maximum absolute atomic E-state index is 12.3. The van der Waals surface area contributed by atoms with Crippen molar-refractivity contribution in [3.8, 4) is 16.6 Å². The molecule has 0 spiro atoms. The van der Waals surface area contributed by atoms with Crippen molar-refractivity contribution in [1.29, 1.82) is 0 Å².